The molecule has 0 saturated heterocycles. The summed E-state index contributed by atoms with van der Waals surface area (Å²) in [5.74, 6) is 0.843. The third kappa shape index (κ3) is 7.15. The average molecular weight is 484 g/mol. The Morgan fingerprint density at radius 1 is 1.11 bits per heavy atom. The predicted molar refractivity (Wildman–Crippen MR) is 120 cm³/mol. The molecule has 4 nitrogen and oxygen atoms in total. The van der Waals surface area contributed by atoms with Gasteiger partial charge in [-0.2, -0.15) is 0 Å². The Labute approximate surface area is 184 Å². The quantitative estimate of drug-likeness (QED) is 0.552. The van der Waals surface area contributed by atoms with Crippen LogP contribution in [-0.4, -0.2) is 35.1 Å². The highest BCUT2D eigenvalue weighted by Crippen LogP contribution is 2.18. The van der Waals surface area contributed by atoms with Crippen LogP contribution in [0.1, 0.15) is 25.0 Å². The summed E-state index contributed by atoms with van der Waals surface area (Å²) in [5, 5.41) is 3.44. The Kier molecular flexibility index (Phi) is 9.35. The Hall–Kier alpha value is -1.50. The van der Waals surface area contributed by atoms with E-state index in [1.54, 1.807) is 35.7 Å². The van der Waals surface area contributed by atoms with Crippen LogP contribution in [0.5, 0.6) is 0 Å². The number of hydrogen-bond acceptors (Lipinski definition) is 3. The van der Waals surface area contributed by atoms with E-state index in [-0.39, 0.29) is 11.8 Å². The third-order valence-corrected chi connectivity index (χ3v) is 5.96. The van der Waals surface area contributed by atoms with E-state index in [1.165, 1.54) is 0 Å². The van der Waals surface area contributed by atoms with Crippen molar-refractivity contribution in [1.82, 2.24) is 10.2 Å². The van der Waals surface area contributed by atoms with Gasteiger partial charge in [0.15, 0.2) is 0 Å². The summed E-state index contributed by atoms with van der Waals surface area (Å²) in [6.45, 7) is 4.53. The summed E-state index contributed by atoms with van der Waals surface area (Å²) >= 11 is 10.9. The van der Waals surface area contributed by atoms with E-state index in [0.717, 1.165) is 21.4 Å². The van der Waals surface area contributed by atoms with Gasteiger partial charge in [-0.15, -0.1) is 11.8 Å². The van der Waals surface area contributed by atoms with Gasteiger partial charge in [-0.25, -0.2) is 0 Å². The van der Waals surface area contributed by atoms with Crippen LogP contribution in [0.3, 0.4) is 0 Å². The van der Waals surface area contributed by atoms with Crippen molar-refractivity contribution >= 4 is 51.1 Å². The standard InChI is InChI=1S/C21H24BrClN2O2S/c1-3-24-21(27)15(2)25(12-16-6-10-19(23)11-7-16)20(26)14-28-13-17-4-8-18(22)9-5-17/h4-11,15H,3,12-14H2,1-2H3,(H,24,27)/t15-/m1/s1. The van der Waals surface area contributed by atoms with Gasteiger partial charge in [-0.3, -0.25) is 9.59 Å². The topological polar surface area (TPSA) is 49.4 Å². The van der Waals surface area contributed by atoms with Gasteiger partial charge in [0.25, 0.3) is 0 Å². The summed E-state index contributed by atoms with van der Waals surface area (Å²) in [7, 11) is 0. The highest BCUT2D eigenvalue weighted by Gasteiger charge is 2.25. The van der Waals surface area contributed by atoms with Gasteiger partial charge < -0.3 is 10.2 Å². The van der Waals surface area contributed by atoms with Crippen molar-refractivity contribution in [3.8, 4) is 0 Å². The van der Waals surface area contributed by atoms with Crippen molar-refractivity contribution in [2.45, 2.75) is 32.2 Å². The van der Waals surface area contributed by atoms with E-state index in [2.05, 4.69) is 21.2 Å². The number of likely N-dealkylation sites (N-methyl/N-ethyl adjacent to an activating group) is 1. The van der Waals surface area contributed by atoms with Crippen LogP contribution in [-0.2, 0) is 21.9 Å². The van der Waals surface area contributed by atoms with Crippen molar-refractivity contribution in [2.24, 2.45) is 0 Å². The fourth-order valence-electron chi connectivity index (χ4n) is 2.61. The molecule has 0 aliphatic carbocycles. The van der Waals surface area contributed by atoms with E-state index in [4.69, 9.17) is 11.6 Å². The number of halogens is 2. The van der Waals surface area contributed by atoms with Gasteiger partial charge in [-0.05, 0) is 49.2 Å². The first-order chi connectivity index (χ1) is 13.4. The van der Waals surface area contributed by atoms with Crippen molar-refractivity contribution in [3.63, 3.8) is 0 Å². The fourth-order valence-corrected chi connectivity index (χ4v) is 3.87. The second-order valence-corrected chi connectivity index (χ2v) is 8.68. The first-order valence-corrected chi connectivity index (χ1v) is 11.4. The molecule has 0 bridgehead atoms. The maximum atomic E-state index is 12.9. The summed E-state index contributed by atoms with van der Waals surface area (Å²) in [5.41, 5.74) is 2.09. The fraction of sp³-hybridized carbons (Fsp3) is 0.333. The minimum Gasteiger partial charge on any atom is -0.355 e. The minimum atomic E-state index is -0.545. The number of rotatable bonds is 9. The smallest absolute Gasteiger partial charge is 0.242 e. The van der Waals surface area contributed by atoms with E-state index in [9.17, 15) is 9.59 Å². The predicted octanol–water partition coefficient (Wildman–Crippen LogP) is 4.89. The van der Waals surface area contributed by atoms with Gasteiger partial charge >= 0.3 is 0 Å². The Balaban J connectivity index is 2.03. The molecule has 0 heterocycles. The maximum Gasteiger partial charge on any atom is 0.242 e. The molecule has 150 valence electrons. The SMILES string of the molecule is CCNC(=O)[C@@H](C)N(Cc1ccc(Cl)cc1)C(=O)CSCc1ccc(Br)cc1. The molecule has 1 N–H and O–H groups in total. The molecule has 2 rings (SSSR count). The minimum absolute atomic E-state index is 0.0594. The molecule has 0 aliphatic heterocycles. The molecule has 2 amide bonds. The summed E-state index contributed by atoms with van der Waals surface area (Å²) in [6.07, 6.45) is 0. The third-order valence-electron chi connectivity index (χ3n) is 4.19. The zero-order chi connectivity index (χ0) is 20.5. The molecule has 1 atom stereocenters. The zero-order valence-electron chi connectivity index (χ0n) is 16.0. The lowest BCUT2D eigenvalue weighted by Gasteiger charge is -2.28. The van der Waals surface area contributed by atoms with Gasteiger partial charge in [-0.1, -0.05) is 51.8 Å². The number of amides is 2. The van der Waals surface area contributed by atoms with Crippen molar-refractivity contribution < 1.29 is 9.59 Å². The summed E-state index contributed by atoms with van der Waals surface area (Å²) in [4.78, 5) is 26.9. The highest BCUT2D eigenvalue weighted by atomic mass is 79.9. The molecule has 0 radical (unpaired) electrons. The number of hydrogen-bond donors (Lipinski definition) is 1. The van der Waals surface area contributed by atoms with E-state index in [0.29, 0.717) is 23.9 Å². The van der Waals surface area contributed by atoms with Gasteiger partial charge in [0.2, 0.25) is 11.8 Å². The van der Waals surface area contributed by atoms with Crippen LogP contribution in [0.15, 0.2) is 53.0 Å². The van der Waals surface area contributed by atoms with Gasteiger partial charge in [0, 0.05) is 28.3 Å². The number of nitrogens with one attached hydrogen (secondary N) is 1. The van der Waals surface area contributed by atoms with Gasteiger partial charge in [0.05, 0.1) is 5.75 Å². The lowest BCUT2D eigenvalue weighted by Crippen LogP contribution is -2.48. The maximum absolute atomic E-state index is 12.9. The molecule has 0 unspecified atom stereocenters. The normalized spacial score (nSPS) is 11.7. The Bertz CT molecular complexity index is 784. The van der Waals surface area contributed by atoms with Gasteiger partial charge in [0.1, 0.15) is 6.04 Å². The number of benzene rings is 2. The van der Waals surface area contributed by atoms with Crippen molar-refractivity contribution in [2.75, 3.05) is 12.3 Å². The van der Waals surface area contributed by atoms with Crippen molar-refractivity contribution in [3.05, 3.63) is 69.2 Å². The van der Waals surface area contributed by atoms with E-state index in [1.807, 2.05) is 43.3 Å². The van der Waals surface area contributed by atoms with Crippen LogP contribution in [0.4, 0.5) is 0 Å². The molecular formula is C21H24BrClN2O2S. The molecule has 7 heteroatoms. The molecule has 28 heavy (non-hydrogen) atoms. The lowest BCUT2D eigenvalue weighted by atomic mass is 10.1. The second-order valence-electron chi connectivity index (χ2n) is 6.34. The first-order valence-electron chi connectivity index (χ1n) is 9.04. The molecule has 0 spiro atoms. The number of carbonyl (C=O) groups excluding carboxylic acids is 2. The van der Waals surface area contributed by atoms with Crippen LogP contribution >= 0.6 is 39.3 Å². The average Bonchev–Trinajstić information content (AvgIpc) is 2.68. The van der Waals surface area contributed by atoms with Crippen LogP contribution in [0.25, 0.3) is 0 Å². The van der Waals surface area contributed by atoms with Crippen LogP contribution in [0.2, 0.25) is 5.02 Å². The second kappa shape index (κ2) is 11.5. The van der Waals surface area contributed by atoms with Crippen LogP contribution in [0, 0.1) is 0 Å². The molecule has 2 aromatic carbocycles. The Morgan fingerprint density at radius 3 is 2.32 bits per heavy atom. The zero-order valence-corrected chi connectivity index (χ0v) is 19.1. The summed E-state index contributed by atoms with van der Waals surface area (Å²) in [6, 6.07) is 14.8. The lowest BCUT2D eigenvalue weighted by molar-refractivity contribution is -0.138. The molecule has 0 aromatic heterocycles. The van der Waals surface area contributed by atoms with E-state index >= 15 is 0 Å². The monoisotopic (exact) mass is 482 g/mol. The molecule has 0 saturated carbocycles. The first kappa shape index (κ1) is 22.8. The van der Waals surface area contributed by atoms with E-state index < -0.39 is 6.04 Å². The highest BCUT2D eigenvalue weighted by molar-refractivity contribution is 9.10. The number of thioether (sulfide) groups is 1. The largest absolute Gasteiger partial charge is 0.355 e. The summed E-state index contributed by atoms with van der Waals surface area (Å²) < 4.78 is 1.03. The molecular weight excluding hydrogens is 460 g/mol. The van der Waals surface area contributed by atoms with Crippen LogP contribution < -0.4 is 5.32 Å². The molecule has 0 aliphatic rings. The molecule has 0 fully saturated rings. The van der Waals surface area contributed by atoms with Crippen molar-refractivity contribution in [1.29, 1.82) is 0 Å². The molecule has 2 aromatic rings. The Morgan fingerprint density at radius 2 is 1.71 bits per heavy atom. The number of carbonyl (C=O) groups is 2. The number of nitrogens with zero attached hydrogens (tertiary/aromatic N) is 1.